The van der Waals surface area contributed by atoms with Gasteiger partial charge in [-0.2, -0.15) is 0 Å². The second kappa shape index (κ2) is 6.24. The van der Waals surface area contributed by atoms with E-state index in [0.29, 0.717) is 18.2 Å². The van der Waals surface area contributed by atoms with Crippen LogP contribution in [0.25, 0.3) is 11.5 Å². The van der Waals surface area contributed by atoms with Gasteiger partial charge in [-0.25, -0.2) is 0 Å². The van der Waals surface area contributed by atoms with Gasteiger partial charge >= 0.3 is 0 Å². The fraction of sp³-hybridized carbons (Fsp3) is 0.500. The zero-order valence-electron chi connectivity index (χ0n) is 14.7. The summed E-state index contributed by atoms with van der Waals surface area (Å²) in [4.78, 5) is 15.7. The van der Waals surface area contributed by atoms with Crippen molar-refractivity contribution in [3.63, 3.8) is 0 Å². The van der Waals surface area contributed by atoms with E-state index in [4.69, 9.17) is 9.15 Å². The Morgan fingerprint density at radius 2 is 2.00 bits per heavy atom. The zero-order valence-corrected chi connectivity index (χ0v) is 14.7. The van der Waals surface area contributed by atoms with Crippen molar-refractivity contribution in [3.05, 3.63) is 29.7 Å². The van der Waals surface area contributed by atoms with Gasteiger partial charge in [0.1, 0.15) is 6.10 Å². The number of benzene rings is 1. The lowest BCUT2D eigenvalue weighted by Crippen LogP contribution is -2.40. The quantitative estimate of drug-likeness (QED) is 0.832. The molecule has 0 N–H and O–H groups in total. The SMILES string of the molecule is C[C@@H]1CN(C)C[C@H](c2nnc(-c3ccc4c(c3)CCC(=O)N4C)o2)O1. The van der Waals surface area contributed by atoms with Crippen LogP contribution in [-0.4, -0.2) is 54.3 Å². The van der Waals surface area contributed by atoms with Crippen molar-refractivity contribution in [2.45, 2.75) is 32.0 Å². The first-order valence-corrected chi connectivity index (χ1v) is 8.58. The minimum atomic E-state index is -0.198. The molecule has 1 saturated heterocycles. The first-order valence-electron chi connectivity index (χ1n) is 8.58. The Labute approximate surface area is 146 Å². The zero-order chi connectivity index (χ0) is 17.6. The third kappa shape index (κ3) is 3.05. The van der Waals surface area contributed by atoms with Crippen LogP contribution in [0.15, 0.2) is 22.6 Å². The Balaban J connectivity index is 1.59. The van der Waals surface area contributed by atoms with E-state index in [-0.39, 0.29) is 18.1 Å². The number of rotatable bonds is 2. The van der Waals surface area contributed by atoms with Crippen LogP contribution in [0, 0.1) is 0 Å². The van der Waals surface area contributed by atoms with Crippen LogP contribution in [0.3, 0.4) is 0 Å². The van der Waals surface area contributed by atoms with E-state index in [2.05, 4.69) is 22.1 Å². The van der Waals surface area contributed by atoms with E-state index in [0.717, 1.165) is 36.3 Å². The van der Waals surface area contributed by atoms with Gasteiger partial charge in [-0.3, -0.25) is 4.79 Å². The molecule has 4 rings (SSSR count). The predicted molar refractivity (Wildman–Crippen MR) is 92.3 cm³/mol. The first-order chi connectivity index (χ1) is 12.0. The molecule has 1 aromatic carbocycles. The maximum atomic E-state index is 11.8. The number of carbonyl (C=O) groups excluding carboxylic acids is 1. The van der Waals surface area contributed by atoms with Gasteiger partial charge in [0.05, 0.1) is 6.10 Å². The molecule has 1 amide bonds. The molecular formula is C18H22N4O3. The molecule has 25 heavy (non-hydrogen) atoms. The summed E-state index contributed by atoms with van der Waals surface area (Å²) in [6.07, 6.45) is 1.20. The summed E-state index contributed by atoms with van der Waals surface area (Å²) >= 11 is 0. The van der Waals surface area contributed by atoms with Crippen molar-refractivity contribution in [1.29, 1.82) is 0 Å². The molecule has 2 aliphatic heterocycles. The smallest absolute Gasteiger partial charge is 0.247 e. The molecule has 0 unspecified atom stereocenters. The predicted octanol–water partition coefficient (Wildman–Crippen LogP) is 2.04. The van der Waals surface area contributed by atoms with E-state index in [9.17, 15) is 4.79 Å². The highest BCUT2D eigenvalue weighted by Crippen LogP contribution is 2.32. The summed E-state index contributed by atoms with van der Waals surface area (Å²) < 4.78 is 11.8. The van der Waals surface area contributed by atoms with Crippen LogP contribution in [0.5, 0.6) is 0 Å². The lowest BCUT2D eigenvalue weighted by molar-refractivity contribution is -0.118. The minimum absolute atomic E-state index is 0.135. The summed E-state index contributed by atoms with van der Waals surface area (Å²) in [5.41, 5.74) is 2.95. The second-order valence-electron chi connectivity index (χ2n) is 6.90. The molecule has 132 valence electrons. The van der Waals surface area contributed by atoms with Crippen LogP contribution in [-0.2, 0) is 16.0 Å². The van der Waals surface area contributed by atoms with Gasteiger partial charge in [0.15, 0.2) is 0 Å². The van der Waals surface area contributed by atoms with Crippen molar-refractivity contribution in [2.24, 2.45) is 0 Å². The topological polar surface area (TPSA) is 71.7 Å². The molecule has 0 saturated carbocycles. The van der Waals surface area contributed by atoms with Crippen LogP contribution >= 0.6 is 0 Å². The van der Waals surface area contributed by atoms with Gasteiger partial charge < -0.3 is 19.0 Å². The molecule has 0 radical (unpaired) electrons. The molecule has 1 aromatic heterocycles. The first kappa shape index (κ1) is 16.2. The number of aromatic nitrogens is 2. The van der Waals surface area contributed by atoms with Crippen LogP contribution < -0.4 is 4.90 Å². The third-order valence-electron chi connectivity index (χ3n) is 4.83. The standard InChI is InChI=1S/C18H22N4O3/c1-11-9-21(2)10-15(24-11)18-20-19-17(25-18)13-4-6-14-12(8-13)5-7-16(23)22(14)3/h4,6,8,11,15H,5,7,9-10H2,1-3H3/t11-,15-/m1/s1. The summed E-state index contributed by atoms with van der Waals surface area (Å²) in [6, 6.07) is 5.90. The van der Waals surface area contributed by atoms with Gasteiger partial charge in [-0.1, -0.05) is 0 Å². The Morgan fingerprint density at radius 1 is 1.16 bits per heavy atom. The molecule has 2 aliphatic rings. The number of likely N-dealkylation sites (N-methyl/N-ethyl adjacent to an activating group) is 1. The molecule has 3 heterocycles. The number of morpholine rings is 1. The lowest BCUT2D eigenvalue weighted by Gasteiger charge is -2.32. The van der Waals surface area contributed by atoms with Gasteiger partial charge in [-0.15, -0.1) is 10.2 Å². The lowest BCUT2D eigenvalue weighted by atomic mass is 9.99. The van der Waals surface area contributed by atoms with Crippen molar-refractivity contribution in [2.75, 3.05) is 32.1 Å². The normalized spacial score (nSPS) is 24.4. The van der Waals surface area contributed by atoms with E-state index in [1.807, 2.05) is 32.2 Å². The highest BCUT2D eigenvalue weighted by Gasteiger charge is 2.29. The van der Waals surface area contributed by atoms with E-state index < -0.39 is 0 Å². The fourth-order valence-corrected chi connectivity index (χ4v) is 3.57. The second-order valence-corrected chi connectivity index (χ2v) is 6.90. The molecule has 0 aliphatic carbocycles. The number of carbonyl (C=O) groups is 1. The number of hydrogen-bond donors (Lipinski definition) is 0. The Bertz CT molecular complexity index is 793. The van der Waals surface area contributed by atoms with E-state index in [1.165, 1.54) is 0 Å². The number of hydrogen-bond acceptors (Lipinski definition) is 6. The Morgan fingerprint density at radius 3 is 2.80 bits per heavy atom. The number of aryl methyl sites for hydroxylation is 1. The molecule has 0 spiro atoms. The number of nitrogens with zero attached hydrogens (tertiary/aromatic N) is 4. The molecule has 0 bridgehead atoms. The molecule has 7 heteroatoms. The molecule has 7 nitrogen and oxygen atoms in total. The van der Waals surface area contributed by atoms with Gasteiger partial charge in [0.25, 0.3) is 0 Å². The van der Waals surface area contributed by atoms with E-state index in [1.54, 1.807) is 4.90 Å². The van der Waals surface area contributed by atoms with Crippen LogP contribution in [0.1, 0.15) is 30.9 Å². The highest BCUT2D eigenvalue weighted by molar-refractivity contribution is 5.96. The summed E-state index contributed by atoms with van der Waals surface area (Å²) in [7, 11) is 3.87. The van der Waals surface area contributed by atoms with Gasteiger partial charge in [0, 0.05) is 37.8 Å². The largest absolute Gasteiger partial charge is 0.418 e. The highest BCUT2D eigenvalue weighted by atomic mass is 16.5. The number of amides is 1. The summed E-state index contributed by atoms with van der Waals surface area (Å²) in [5.74, 6) is 1.15. The molecule has 1 fully saturated rings. The fourth-order valence-electron chi connectivity index (χ4n) is 3.57. The van der Waals surface area contributed by atoms with Crippen molar-refractivity contribution in [3.8, 4) is 11.5 Å². The maximum absolute atomic E-state index is 11.8. The Hall–Kier alpha value is -2.25. The molecule has 2 atom stereocenters. The molecular weight excluding hydrogens is 320 g/mol. The minimum Gasteiger partial charge on any atom is -0.418 e. The average Bonchev–Trinajstić information content (AvgIpc) is 3.07. The monoisotopic (exact) mass is 342 g/mol. The van der Waals surface area contributed by atoms with Crippen molar-refractivity contribution < 1.29 is 13.9 Å². The van der Waals surface area contributed by atoms with Crippen LogP contribution in [0.2, 0.25) is 0 Å². The van der Waals surface area contributed by atoms with Gasteiger partial charge in [0.2, 0.25) is 17.7 Å². The van der Waals surface area contributed by atoms with Crippen LogP contribution in [0.4, 0.5) is 5.69 Å². The van der Waals surface area contributed by atoms with Crippen molar-refractivity contribution >= 4 is 11.6 Å². The number of anilines is 1. The average molecular weight is 342 g/mol. The number of ether oxygens (including phenoxy) is 1. The van der Waals surface area contributed by atoms with E-state index >= 15 is 0 Å². The summed E-state index contributed by atoms with van der Waals surface area (Å²) in [6.45, 7) is 3.68. The summed E-state index contributed by atoms with van der Waals surface area (Å²) in [5, 5.41) is 8.39. The third-order valence-corrected chi connectivity index (χ3v) is 4.83. The van der Waals surface area contributed by atoms with Gasteiger partial charge in [-0.05, 0) is 44.2 Å². The Kier molecular flexibility index (Phi) is 4.05. The molecule has 2 aromatic rings. The number of fused-ring (bicyclic) bond motifs is 1. The maximum Gasteiger partial charge on any atom is 0.247 e. The van der Waals surface area contributed by atoms with Crippen molar-refractivity contribution in [1.82, 2.24) is 15.1 Å².